The highest BCUT2D eigenvalue weighted by Gasteiger charge is 2.18. The van der Waals surface area contributed by atoms with Crippen molar-refractivity contribution in [3.05, 3.63) is 224 Å². The Morgan fingerprint density at radius 1 is 0.270 bits per heavy atom. The number of thiophene rings is 2. The van der Waals surface area contributed by atoms with E-state index in [0.717, 1.165) is 17.1 Å². The van der Waals surface area contributed by atoms with Crippen molar-refractivity contribution >= 4 is 112 Å². The molecule has 1 nitrogen and oxygen atoms in total. The molecule has 2 aromatic heterocycles. The predicted molar refractivity (Wildman–Crippen MR) is 276 cm³/mol. The second kappa shape index (κ2) is 14.5. The van der Waals surface area contributed by atoms with Crippen molar-refractivity contribution in [2.45, 2.75) is 0 Å². The lowest BCUT2D eigenvalue weighted by molar-refractivity contribution is 1.29. The van der Waals surface area contributed by atoms with Crippen LogP contribution >= 0.6 is 22.7 Å². The highest BCUT2D eigenvalue weighted by atomic mass is 32.1. The molecular formula is C60H37NS2. The Hall–Kier alpha value is -7.56. The van der Waals surface area contributed by atoms with Crippen molar-refractivity contribution < 1.29 is 0 Å². The molecule has 3 heteroatoms. The van der Waals surface area contributed by atoms with E-state index in [0.29, 0.717) is 0 Å². The van der Waals surface area contributed by atoms with Gasteiger partial charge in [0.05, 0.1) is 0 Å². The first-order valence-electron chi connectivity index (χ1n) is 21.5. The maximum absolute atomic E-state index is 2.39. The first-order valence-corrected chi connectivity index (χ1v) is 23.1. The van der Waals surface area contributed by atoms with E-state index >= 15 is 0 Å². The highest BCUT2D eigenvalue weighted by molar-refractivity contribution is 7.29. The van der Waals surface area contributed by atoms with Crippen LogP contribution in [-0.2, 0) is 0 Å². The van der Waals surface area contributed by atoms with Gasteiger partial charge in [-0.05, 0) is 126 Å². The first-order chi connectivity index (χ1) is 31.2. The zero-order valence-electron chi connectivity index (χ0n) is 34.1. The fourth-order valence-electron chi connectivity index (χ4n) is 9.84. The molecule has 0 aliphatic heterocycles. The maximum Gasteiger partial charge on any atom is 0.0468 e. The molecule has 11 aromatic carbocycles. The fourth-order valence-corrected chi connectivity index (χ4v) is 12.3. The Bertz CT molecular complexity index is 3890. The van der Waals surface area contributed by atoms with Crippen molar-refractivity contribution in [1.82, 2.24) is 0 Å². The summed E-state index contributed by atoms with van der Waals surface area (Å²) in [5.41, 5.74) is 10.7. The number of fused-ring (bicyclic) bond motifs is 11. The topological polar surface area (TPSA) is 3.24 Å². The van der Waals surface area contributed by atoms with Gasteiger partial charge in [0.1, 0.15) is 0 Å². The molecule has 0 aliphatic carbocycles. The van der Waals surface area contributed by atoms with Crippen LogP contribution in [0.2, 0.25) is 0 Å². The number of benzene rings is 11. The summed E-state index contributed by atoms with van der Waals surface area (Å²) in [6.07, 6.45) is 0. The van der Waals surface area contributed by atoms with E-state index in [4.69, 9.17) is 0 Å². The molecule has 0 aliphatic rings. The minimum absolute atomic E-state index is 1.11. The minimum Gasteiger partial charge on any atom is -0.310 e. The van der Waals surface area contributed by atoms with Crippen LogP contribution in [-0.4, -0.2) is 0 Å². The lowest BCUT2D eigenvalue weighted by Crippen LogP contribution is -2.09. The van der Waals surface area contributed by atoms with Gasteiger partial charge in [-0.1, -0.05) is 164 Å². The van der Waals surface area contributed by atoms with Gasteiger partial charge >= 0.3 is 0 Å². The molecule has 0 fully saturated rings. The van der Waals surface area contributed by atoms with E-state index < -0.39 is 0 Å². The van der Waals surface area contributed by atoms with Gasteiger partial charge in [0.25, 0.3) is 0 Å². The highest BCUT2D eigenvalue weighted by Crippen LogP contribution is 2.48. The second-order valence-corrected chi connectivity index (χ2v) is 18.6. The number of hydrogen-bond donors (Lipinski definition) is 0. The Labute approximate surface area is 373 Å². The molecule has 2 heterocycles. The lowest BCUT2D eigenvalue weighted by Gasteiger charge is -2.26. The second-order valence-electron chi connectivity index (χ2n) is 16.4. The van der Waals surface area contributed by atoms with Gasteiger partial charge in [-0.3, -0.25) is 0 Å². The first kappa shape index (κ1) is 36.1. The van der Waals surface area contributed by atoms with Crippen molar-refractivity contribution in [2.75, 3.05) is 4.90 Å². The van der Waals surface area contributed by atoms with Crippen molar-refractivity contribution in [2.24, 2.45) is 0 Å². The summed E-state index contributed by atoms with van der Waals surface area (Å²) in [5, 5.41) is 12.9. The third kappa shape index (κ3) is 5.96. The maximum atomic E-state index is 2.39. The van der Waals surface area contributed by atoms with Crippen LogP contribution in [0.15, 0.2) is 224 Å². The van der Waals surface area contributed by atoms with E-state index in [1.54, 1.807) is 0 Å². The molecule has 0 spiro atoms. The summed E-state index contributed by atoms with van der Waals surface area (Å²) in [5.74, 6) is 0. The molecule has 0 unspecified atom stereocenters. The summed E-state index contributed by atoms with van der Waals surface area (Å²) in [6, 6.07) is 82.7. The molecular weight excluding hydrogens is 799 g/mol. The van der Waals surface area contributed by atoms with Crippen LogP contribution in [0.5, 0.6) is 0 Å². The van der Waals surface area contributed by atoms with Gasteiger partial charge in [0.15, 0.2) is 0 Å². The van der Waals surface area contributed by atoms with Gasteiger partial charge in [0.2, 0.25) is 0 Å². The van der Waals surface area contributed by atoms with Crippen LogP contribution < -0.4 is 4.90 Å². The molecule has 0 atom stereocenters. The Kier molecular flexibility index (Phi) is 8.33. The summed E-state index contributed by atoms with van der Waals surface area (Å²) >= 11 is 3.82. The Morgan fingerprint density at radius 2 is 0.841 bits per heavy atom. The third-order valence-corrected chi connectivity index (χ3v) is 15.2. The number of nitrogens with zero attached hydrogens (tertiary/aromatic N) is 1. The standard InChI is InChI=1S/C60H37NS2/c1-2-10-38(11-3-1)39-22-27-45(28-23-39)61(46-29-24-41(25-30-46)49-16-8-13-40-12-4-5-14-48(40)49)47-31-33-51-44(37-47)21-20-42-36-43(26-32-50(42)51)52-17-9-19-56-58(52)59-57(62-56)35-34-54-53-15-6-7-18-55(53)63-60(54)59/h1-37H. The van der Waals surface area contributed by atoms with Gasteiger partial charge in [-0.2, -0.15) is 0 Å². The van der Waals surface area contributed by atoms with Gasteiger partial charge in [-0.15, -0.1) is 22.7 Å². The van der Waals surface area contributed by atoms with E-state index in [2.05, 4.69) is 229 Å². The van der Waals surface area contributed by atoms with Crippen LogP contribution in [0, 0.1) is 0 Å². The molecule has 63 heavy (non-hydrogen) atoms. The smallest absolute Gasteiger partial charge is 0.0468 e. The molecule has 0 bridgehead atoms. The van der Waals surface area contributed by atoms with E-state index in [1.165, 1.54) is 106 Å². The molecule has 0 N–H and O–H groups in total. The molecule has 0 radical (unpaired) electrons. The fraction of sp³-hybridized carbons (Fsp3) is 0. The van der Waals surface area contributed by atoms with Crippen LogP contribution in [0.25, 0.3) is 106 Å². The van der Waals surface area contributed by atoms with Crippen molar-refractivity contribution in [3.63, 3.8) is 0 Å². The van der Waals surface area contributed by atoms with Gasteiger partial charge < -0.3 is 4.90 Å². The van der Waals surface area contributed by atoms with Crippen LogP contribution in [0.3, 0.4) is 0 Å². The Morgan fingerprint density at radius 3 is 1.67 bits per heavy atom. The molecule has 13 rings (SSSR count). The average molecular weight is 836 g/mol. The van der Waals surface area contributed by atoms with E-state index in [-0.39, 0.29) is 0 Å². The zero-order valence-corrected chi connectivity index (χ0v) is 35.8. The molecule has 13 aromatic rings. The number of rotatable bonds is 6. The molecule has 0 saturated carbocycles. The largest absolute Gasteiger partial charge is 0.310 e. The molecule has 0 saturated heterocycles. The summed E-state index contributed by atoms with van der Waals surface area (Å²) in [4.78, 5) is 2.38. The summed E-state index contributed by atoms with van der Waals surface area (Å²) in [6.45, 7) is 0. The Balaban J connectivity index is 0.913. The van der Waals surface area contributed by atoms with Gasteiger partial charge in [-0.25, -0.2) is 0 Å². The van der Waals surface area contributed by atoms with E-state index in [1.807, 2.05) is 22.7 Å². The number of hydrogen-bond acceptors (Lipinski definition) is 3. The summed E-state index contributed by atoms with van der Waals surface area (Å²) in [7, 11) is 0. The third-order valence-electron chi connectivity index (χ3n) is 12.9. The zero-order chi connectivity index (χ0) is 41.4. The van der Waals surface area contributed by atoms with Crippen LogP contribution in [0.4, 0.5) is 17.1 Å². The van der Waals surface area contributed by atoms with Crippen molar-refractivity contribution in [1.29, 1.82) is 0 Å². The number of anilines is 3. The van der Waals surface area contributed by atoms with Crippen LogP contribution in [0.1, 0.15) is 0 Å². The lowest BCUT2D eigenvalue weighted by atomic mass is 9.94. The SMILES string of the molecule is c1ccc(-c2ccc(N(c3ccc(-c4cccc5ccccc45)cc3)c3ccc4c(ccc5cc(-c6cccc7sc8ccc9c%10ccccc%10sc9c8c67)ccc54)c3)cc2)cc1. The van der Waals surface area contributed by atoms with Crippen molar-refractivity contribution in [3.8, 4) is 33.4 Å². The predicted octanol–water partition coefficient (Wildman–Crippen LogP) is 18.4. The minimum atomic E-state index is 1.11. The average Bonchev–Trinajstić information content (AvgIpc) is 3.93. The monoisotopic (exact) mass is 835 g/mol. The van der Waals surface area contributed by atoms with E-state index in [9.17, 15) is 0 Å². The normalized spacial score (nSPS) is 11.8. The van der Waals surface area contributed by atoms with Gasteiger partial charge in [0, 0.05) is 57.4 Å². The molecule has 0 amide bonds. The molecule has 294 valence electrons. The quantitative estimate of drug-likeness (QED) is 0.151. The summed E-state index contributed by atoms with van der Waals surface area (Å²) < 4.78 is 5.41.